The molecule has 6 nitrogen and oxygen atoms in total. The second-order valence-electron chi connectivity index (χ2n) is 7.22. The first-order valence-electron chi connectivity index (χ1n) is 8.78. The van der Waals surface area contributed by atoms with Crippen LogP contribution in [0.25, 0.3) is 5.57 Å². The molecule has 0 spiro atoms. The summed E-state index contributed by atoms with van der Waals surface area (Å²) in [4.78, 5) is 24.5. The summed E-state index contributed by atoms with van der Waals surface area (Å²) < 4.78 is 6.88. The highest BCUT2D eigenvalue weighted by atomic mass is 16.5. The van der Waals surface area contributed by atoms with E-state index in [1.54, 1.807) is 30.3 Å². The maximum absolute atomic E-state index is 12.4. The number of carbonyl (C=O) groups excluding carboxylic acids is 1. The summed E-state index contributed by atoms with van der Waals surface area (Å²) in [6, 6.07) is 12.0. The molecule has 0 atom stereocenters. The van der Waals surface area contributed by atoms with Crippen LogP contribution in [0.3, 0.4) is 0 Å². The molecule has 0 saturated carbocycles. The van der Waals surface area contributed by atoms with Gasteiger partial charge in [0.1, 0.15) is 6.54 Å². The van der Waals surface area contributed by atoms with Crippen LogP contribution in [0.1, 0.15) is 37.1 Å². The lowest BCUT2D eigenvalue weighted by Gasteiger charge is -2.30. The van der Waals surface area contributed by atoms with Gasteiger partial charge in [-0.2, -0.15) is 10.4 Å². The van der Waals surface area contributed by atoms with Gasteiger partial charge in [0.15, 0.2) is 5.78 Å². The lowest BCUT2D eigenvalue weighted by molar-refractivity contribution is -0.119. The van der Waals surface area contributed by atoms with Crippen LogP contribution in [-0.2, 0) is 22.5 Å². The Morgan fingerprint density at radius 1 is 1.26 bits per heavy atom. The van der Waals surface area contributed by atoms with Gasteiger partial charge >= 0.3 is 0 Å². The highest BCUT2D eigenvalue weighted by Gasteiger charge is 2.25. The first kappa shape index (κ1) is 18.7. The monoisotopic (exact) mass is 363 g/mol. The Morgan fingerprint density at radius 2 is 2.00 bits per heavy atom. The number of rotatable bonds is 5. The van der Waals surface area contributed by atoms with Crippen molar-refractivity contribution in [3.63, 3.8) is 0 Å². The van der Waals surface area contributed by atoms with Gasteiger partial charge in [-0.1, -0.05) is 18.2 Å². The molecule has 27 heavy (non-hydrogen) atoms. The number of ether oxygens (including phenoxy) is 1. The zero-order chi connectivity index (χ0) is 19.4. The van der Waals surface area contributed by atoms with Crippen molar-refractivity contribution < 1.29 is 9.53 Å². The third-order valence-corrected chi connectivity index (χ3v) is 4.43. The first-order chi connectivity index (χ1) is 12.9. The predicted octanol–water partition coefficient (Wildman–Crippen LogP) is 2.51. The molecule has 0 N–H and O–H groups in total. The third kappa shape index (κ3) is 4.78. The number of hydrogen-bond donors (Lipinski definition) is 0. The van der Waals surface area contributed by atoms with Crippen molar-refractivity contribution in [3.05, 3.63) is 69.6 Å². The average molecular weight is 363 g/mol. The molecule has 1 aliphatic rings. The van der Waals surface area contributed by atoms with E-state index in [4.69, 9.17) is 10.00 Å². The van der Waals surface area contributed by atoms with Crippen LogP contribution in [-0.4, -0.2) is 27.8 Å². The van der Waals surface area contributed by atoms with Gasteiger partial charge in [-0.15, -0.1) is 0 Å². The summed E-state index contributed by atoms with van der Waals surface area (Å²) in [5, 5.41) is 13.2. The molecule has 2 heterocycles. The number of benzene rings is 1. The molecule has 0 unspecified atom stereocenters. The molecule has 0 saturated heterocycles. The number of nitriles is 1. The Hall–Kier alpha value is -3.04. The Kier molecular flexibility index (Phi) is 5.33. The minimum Gasteiger partial charge on any atom is -0.371 e. The van der Waals surface area contributed by atoms with Gasteiger partial charge in [0.25, 0.3) is 5.56 Å². The molecule has 0 aliphatic carbocycles. The summed E-state index contributed by atoms with van der Waals surface area (Å²) in [6.07, 6.45) is 2.84. The maximum Gasteiger partial charge on any atom is 0.267 e. The second-order valence-corrected chi connectivity index (χ2v) is 7.22. The minimum absolute atomic E-state index is 0.0835. The summed E-state index contributed by atoms with van der Waals surface area (Å²) in [5.74, 6) is -0.118. The molecule has 1 aromatic heterocycles. The van der Waals surface area contributed by atoms with Crippen LogP contribution in [0.2, 0.25) is 0 Å². The molecule has 3 rings (SSSR count). The number of aromatic nitrogens is 2. The lowest BCUT2D eigenvalue weighted by Crippen LogP contribution is -2.30. The molecule has 1 aliphatic heterocycles. The van der Waals surface area contributed by atoms with Crippen LogP contribution in [0.5, 0.6) is 0 Å². The number of ketones is 1. The molecular formula is C21H21N3O3. The van der Waals surface area contributed by atoms with Crippen molar-refractivity contribution in [2.45, 2.75) is 38.8 Å². The molecule has 0 bridgehead atoms. The molecule has 0 amide bonds. The maximum atomic E-state index is 12.4. The van der Waals surface area contributed by atoms with Gasteiger partial charge in [-0.3, -0.25) is 9.59 Å². The molecule has 0 radical (unpaired) electrons. The lowest BCUT2D eigenvalue weighted by atomic mass is 9.94. The van der Waals surface area contributed by atoms with E-state index in [0.717, 1.165) is 11.1 Å². The Morgan fingerprint density at radius 3 is 2.67 bits per heavy atom. The summed E-state index contributed by atoms with van der Waals surface area (Å²) in [6.45, 7) is 4.44. The molecule has 1 aromatic carbocycles. The van der Waals surface area contributed by atoms with Gasteiger partial charge in [0.2, 0.25) is 0 Å². The zero-order valence-corrected chi connectivity index (χ0v) is 15.4. The minimum atomic E-state index is -0.307. The van der Waals surface area contributed by atoms with E-state index in [9.17, 15) is 9.59 Å². The van der Waals surface area contributed by atoms with Gasteiger partial charge in [-0.25, -0.2) is 4.68 Å². The van der Waals surface area contributed by atoms with E-state index in [-0.39, 0.29) is 29.9 Å². The van der Waals surface area contributed by atoms with Crippen LogP contribution in [0, 0.1) is 11.3 Å². The number of nitrogens with zero attached hydrogens (tertiary/aromatic N) is 3. The van der Waals surface area contributed by atoms with E-state index in [2.05, 4.69) is 5.10 Å². The predicted molar refractivity (Wildman–Crippen MR) is 101 cm³/mol. The van der Waals surface area contributed by atoms with E-state index in [1.807, 2.05) is 26.0 Å². The SMILES string of the molecule is CC1(C)CC(c2ccc(=O)n(CC(=O)Cc3ccc(C#N)cc3)n2)=CCO1. The fraction of sp³-hybridized carbons (Fsp3) is 0.333. The quantitative estimate of drug-likeness (QED) is 0.815. The standard InChI is InChI=1S/C21H21N3O3/c1-21(2)12-17(9-10-27-21)19-7-8-20(26)24(23-19)14-18(25)11-15-3-5-16(13-22)6-4-15/h3-9H,10-12,14H2,1-2H3. The Bertz CT molecular complexity index is 979. The van der Waals surface area contributed by atoms with Crippen LogP contribution >= 0.6 is 0 Å². The Labute approximate surface area is 157 Å². The van der Waals surface area contributed by atoms with E-state index >= 15 is 0 Å². The highest BCUT2D eigenvalue weighted by Crippen LogP contribution is 2.29. The van der Waals surface area contributed by atoms with E-state index < -0.39 is 0 Å². The van der Waals surface area contributed by atoms with Crippen LogP contribution in [0.15, 0.2) is 47.3 Å². The van der Waals surface area contributed by atoms with Gasteiger partial charge in [-0.05, 0) is 43.2 Å². The number of carbonyl (C=O) groups is 1. The number of Topliss-reactive ketones (excluding diaryl/α,β-unsaturated/α-hetero) is 1. The Balaban J connectivity index is 1.74. The average Bonchev–Trinajstić information content (AvgIpc) is 2.63. The van der Waals surface area contributed by atoms with Crippen molar-refractivity contribution in [2.75, 3.05) is 6.61 Å². The number of hydrogen-bond acceptors (Lipinski definition) is 5. The molecule has 6 heteroatoms. The van der Waals surface area contributed by atoms with Crippen LogP contribution < -0.4 is 5.56 Å². The van der Waals surface area contributed by atoms with Gasteiger partial charge in [0, 0.05) is 18.9 Å². The van der Waals surface area contributed by atoms with E-state index in [1.165, 1.54) is 10.7 Å². The van der Waals surface area contributed by atoms with Crippen molar-refractivity contribution in [1.29, 1.82) is 5.26 Å². The highest BCUT2D eigenvalue weighted by molar-refractivity contribution is 5.80. The topological polar surface area (TPSA) is 85.0 Å². The van der Waals surface area contributed by atoms with Crippen molar-refractivity contribution in [2.24, 2.45) is 0 Å². The van der Waals surface area contributed by atoms with Crippen LogP contribution in [0.4, 0.5) is 0 Å². The molecular weight excluding hydrogens is 342 g/mol. The molecule has 2 aromatic rings. The van der Waals surface area contributed by atoms with Crippen molar-refractivity contribution in [1.82, 2.24) is 9.78 Å². The second kappa shape index (κ2) is 7.68. The molecule has 138 valence electrons. The normalized spacial score (nSPS) is 15.7. The summed E-state index contributed by atoms with van der Waals surface area (Å²) >= 11 is 0. The zero-order valence-electron chi connectivity index (χ0n) is 15.4. The summed E-state index contributed by atoms with van der Waals surface area (Å²) in [7, 11) is 0. The summed E-state index contributed by atoms with van der Waals surface area (Å²) in [5.41, 5.74) is 2.47. The fourth-order valence-electron chi connectivity index (χ4n) is 3.03. The fourth-order valence-corrected chi connectivity index (χ4v) is 3.03. The first-order valence-corrected chi connectivity index (χ1v) is 8.78. The molecule has 0 fully saturated rings. The smallest absolute Gasteiger partial charge is 0.267 e. The van der Waals surface area contributed by atoms with E-state index in [0.29, 0.717) is 24.3 Å². The van der Waals surface area contributed by atoms with Crippen molar-refractivity contribution >= 4 is 11.4 Å². The van der Waals surface area contributed by atoms with Crippen molar-refractivity contribution in [3.8, 4) is 6.07 Å². The third-order valence-electron chi connectivity index (χ3n) is 4.43. The van der Waals surface area contributed by atoms with Gasteiger partial charge < -0.3 is 4.74 Å². The van der Waals surface area contributed by atoms with Gasteiger partial charge in [0.05, 0.1) is 29.5 Å². The largest absolute Gasteiger partial charge is 0.371 e.